The third kappa shape index (κ3) is 4.49. The molecule has 2 aromatic carbocycles. The van der Waals surface area contributed by atoms with Crippen LogP contribution in [0.15, 0.2) is 59.4 Å². The summed E-state index contributed by atoms with van der Waals surface area (Å²) in [6.07, 6.45) is 0. The van der Waals surface area contributed by atoms with Crippen molar-refractivity contribution in [3.8, 4) is 11.6 Å². The van der Waals surface area contributed by atoms with Crippen LogP contribution in [0.2, 0.25) is 0 Å². The predicted octanol–water partition coefficient (Wildman–Crippen LogP) is 2.29. The Morgan fingerprint density at radius 2 is 1.76 bits per heavy atom. The first-order valence-electron chi connectivity index (χ1n) is 8.94. The SMILES string of the molecule is CCOc1cc(=O)c(C(=O)Nc2ccc(C(N)=O)cc2)nn1-c1ccc(C)cc1. The molecule has 0 unspecified atom stereocenters. The average molecular weight is 392 g/mol. The Kier molecular flexibility index (Phi) is 5.73. The second-order valence-corrected chi connectivity index (χ2v) is 6.27. The zero-order chi connectivity index (χ0) is 21.0. The van der Waals surface area contributed by atoms with Gasteiger partial charge in [0.05, 0.1) is 18.4 Å². The molecule has 8 nitrogen and oxygen atoms in total. The molecule has 3 rings (SSSR count). The Morgan fingerprint density at radius 3 is 2.34 bits per heavy atom. The third-order valence-corrected chi connectivity index (χ3v) is 4.11. The van der Waals surface area contributed by atoms with E-state index < -0.39 is 17.2 Å². The fraction of sp³-hybridized carbons (Fsp3) is 0.143. The number of hydrogen-bond acceptors (Lipinski definition) is 5. The lowest BCUT2D eigenvalue weighted by molar-refractivity contribution is 0.0997. The lowest BCUT2D eigenvalue weighted by Gasteiger charge is -2.14. The summed E-state index contributed by atoms with van der Waals surface area (Å²) >= 11 is 0. The minimum absolute atomic E-state index is 0.240. The van der Waals surface area contributed by atoms with Crippen LogP contribution >= 0.6 is 0 Å². The number of nitrogens with one attached hydrogen (secondary N) is 1. The monoisotopic (exact) mass is 392 g/mol. The zero-order valence-corrected chi connectivity index (χ0v) is 16.0. The molecule has 3 N–H and O–H groups in total. The van der Waals surface area contributed by atoms with Gasteiger partial charge in [-0.3, -0.25) is 14.4 Å². The number of amides is 2. The van der Waals surface area contributed by atoms with Crippen LogP contribution in [-0.2, 0) is 0 Å². The molecule has 0 aliphatic heterocycles. The van der Waals surface area contributed by atoms with Gasteiger partial charge in [0.15, 0.2) is 5.69 Å². The number of carbonyl (C=O) groups is 2. The van der Waals surface area contributed by atoms with Gasteiger partial charge in [0.25, 0.3) is 5.91 Å². The number of aryl methyl sites for hydroxylation is 1. The minimum atomic E-state index is -0.675. The van der Waals surface area contributed by atoms with Crippen LogP contribution in [0.5, 0.6) is 5.88 Å². The summed E-state index contributed by atoms with van der Waals surface area (Å²) in [6.45, 7) is 4.08. The molecule has 0 saturated carbocycles. The average Bonchev–Trinajstić information content (AvgIpc) is 2.69. The summed E-state index contributed by atoms with van der Waals surface area (Å²) in [4.78, 5) is 36.2. The molecule has 0 atom stereocenters. The number of aromatic nitrogens is 2. The molecule has 2 amide bonds. The van der Waals surface area contributed by atoms with E-state index in [-0.39, 0.29) is 11.6 Å². The molecule has 29 heavy (non-hydrogen) atoms. The topological polar surface area (TPSA) is 116 Å². The van der Waals surface area contributed by atoms with Gasteiger partial charge in [-0.2, -0.15) is 5.10 Å². The molecular formula is C21H20N4O4. The highest BCUT2D eigenvalue weighted by Gasteiger charge is 2.18. The maximum atomic E-state index is 12.6. The molecular weight excluding hydrogens is 372 g/mol. The molecule has 0 aliphatic rings. The van der Waals surface area contributed by atoms with Crippen molar-refractivity contribution in [2.75, 3.05) is 11.9 Å². The summed E-state index contributed by atoms with van der Waals surface area (Å²) in [5.74, 6) is -1.01. The number of ether oxygens (including phenoxy) is 1. The van der Waals surface area contributed by atoms with Crippen LogP contribution in [0.25, 0.3) is 5.69 Å². The molecule has 1 heterocycles. The smallest absolute Gasteiger partial charge is 0.280 e. The molecule has 0 bridgehead atoms. The van der Waals surface area contributed by atoms with E-state index in [1.165, 1.54) is 35.0 Å². The number of nitrogens with zero attached hydrogens (tertiary/aromatic N) is 2. The third-order valence-electron chi connectivity index (χ3n) is 4.11. The van der Waals surface area contributed by atoms with Crippen LogP contribution in [0.4, 0.5) is 5.69 Å². The molecule has 0 aliphatic carbocycles. The van der Waals surface area contributed by atoms with Crippen LogP contribution in [0.1, 0.15) is 33.3 Å². The van der Waals surface area contributed by atoms with Gasteiger partial charge in [-0.1, -0.05) is 17.7 Å². The van der Waals surface area contributed by atoms with Crippen molar-refractivity contribution >= 4 is 17.5 Å². The fourth-order valence-corrected chi connectivity index (χ4v) is 2.63. The van der Waals surface area contributed by atoms with Crippen molar-refractivity contribution in [3.05, 3.63) is 81.6 Å². The minimum Gasteiger partial charge on any atom is -0.478 e. The molecule has 0 fully saturated rings. The van der Waals surface area contributed by atoms with Crippen molar-refractivity contribution in [1.29, 1.82) is 0 Å². The fourth-order valence-electron chi connectivity index (χ4n) is 2.63. The molecule has 0 radical (unpaired) electrons. The van der Waals surface area contributed by atoms with Crippen molar-refractivity contribution in [2.45, 2.75) is 13.8 Å². The van der Waals surface area contributed by atoms with Crippen LogP contribution in [0.3, 0.4) is 0 Å². The Bertz CT molecular complexity index is 1100. The highest BCUT2D eigenvalue weighted by atomic mass is 16.5. The standard InChI is InChI=1S/C21H20N4O4/c1-3-29-18-12-17(26)19(24-25(18)16-10-4-13(2)5-11-16)21(28)23-15-8-6-14(7-9-15)20(22)27/h4-12H,3H2,1-2H3,(H2,22,27)(H,23,28). The molecule has 8 heteroatoms. The summed E-state index contributed by atoms with van der Waals surface area (Å²) < 4.78 is 6.93. The predicted molar refractivity (Wildman–Crippen MR) is 109 cm³/mol. The molecule has 1 aromatic heterocycles. The molecule has 0 spiro atoms. The van der Waals surface area contributed by atoms with E-state index >= 15 is 0 Å². The van der Waals surface area contributed by atoms with Gasteiger partial charge in [-0.05, 0) is 50.2 Å². The number of carbonyl (C=O) groups excluding carboxylic acids is 2. The Balaban J connectivity index is 1.96. The maximum absolute atomic E-state index is 12.6. The van der Waals surface area contributed by atoms with Crippen LogP contribution < -0.4 is 21.2 Å². The number of anilines is 1. The van der Waals surface area contributed by atoms with Crippen LogP contribution in [-0.4, -0.2) is 28.2 Å². The lowest BCUT2D eigenvalue weighted by Crippen LogP contribution is -2.26. The van der Waals surface area contributed by atoms with E-state index in [9.17, 15) is 14.4 Å². The summed E-state index contributed by atoms with van der Waals surface area (Å²) in [7, 11) is 0. The van der Waals surface area contributed by atoms with Gasteiger partial charge >= 0.3 is 0 Å². The van der Waals surface area contributed by atoms with Gasteiger partial charge in [0, 0.05) is 11.3 Å². The van der Waals surface area contributed by atoms with Crippen LogP contribution in [0, 0.1) is 6.92 Å². The number of hydrogen-bond donors (Lipinski definition) is 2. The van der Waals surface area contributed by atoms with Crippen molar-refractivity contribution in [3.63, 3.8) is 0 Å². The molecule has 0 saturated heterocycles. The maximum Gasteiger partial charge on any atom is 0.280 e. The van der Waals surface area contributed by atoms with E-state index in [4.69, 9.17) is 10.5 Å². The Hall–Kier alpha value is -3.94. The normalized spacial score (nSPS) is 10.4. The molecule has 148 valence electrons. The number of nitrogens with two attached hydrogens (primary N) is 1. The molecule has 3 aromatic rings. The first-order valence-corrected chi connectivity index (χ1v) is 8.94. The van der Waals surface area contributed by atoms with Gasteiger partial charge in [-0.25, -0.2) is 4.68 Å². The summed E-state index contributed by atoms with van der Waals surface area (Å²) in [5, 5.41) is 6.82. The first-order chi connectivity index (χ1) is 13.9. The second-order valence-electron chi connectivity index (χ2n) is 6.27. The van der Waals surface area contributed by atoms with Crippen molar-refractivity contribution < 1.29 is 14.3 Å². The zero-order valence-electron chi connectivity index (χ0n) is 16.0. The lowest BCUT2D eigenvalue weighted by atomic mass is 10.2. The highest BCUT2D eigenvalue weighted by Crippen LogP contribution is 2.17. The number of primary amides is 1. The van der Waals surface area contributed by atoms with Crippen molar-refractivity contribution in [1.82, 2.24) is 9.78 Å². The highest BCUT2D eigenvalue weighted by molar-refractivity contribution is 6.03. The summed E-state index contributed by atoms with van der Waals surface area (Å²) in [5.41, 5.74) is 6.77. The van der Waals surface area contributed by atoms with E-state index in [1.54, 1.807) is 6.92 Å². The van der Waals surface area contributed by atoms with Gasteiger partial charge in [-0.15, -0.1) is 0 Å². The van der Waals surface area contributed by atoms with E-state index in [1.807, 2.05) is 31.2 Å². The Labute approximate surface area is 166 Å². The number of benzene rings is 2. The first kappa shape index (κ1) is 19.8. The van der Waals surface area contributed by atoms with E-state index in [2.05, 4.69) is 10.4 Å². The second kappa shape index (κ2) is 8.39. The summed E-state index contributed by atoms with van der Waals surface area (Å²) in [6, 6.07) is 14.7. The largest absolute Gasteiger partial charge is 0.478 e. The van der Waals surface area contributed by atoms with E-state index in [0.717, 1.165) is 5.56 Å². The number of rotatable bonds is 6. The van der Waals surface area contributed by atoms with Crippen molar-refractivity contribution in [2.24, 2.45) is 5.73 Å². The Morgan fingerprint density at radius 1 is 1.10 bits per heavy atom. The van der Waals surface area contributed by atoms with Gasteiger partial charge in [0.1, 0.15) is 0 Å². The van der Waals surface area contributed by atoms with E-state index in [0.29, 0.717) is 23.5 Å². The van der Waals surface area contributed by atoms with Gasteiger partial charge < -0.3 is 15.8 Å². The van der Waals surface area contributed by atoms with Gasteiger partial charge in [0.2, 0.25) is 17.2 Å². The quantitative estimate of drug-likeness (QED) is 0.668.